The minimum absolute atomic E-state index is 0.00515. The number of fused-ring (bicyclic) bond motifs is 3. The van der Waals surface area contributed by atoms with Crippen LogP contribution in [0.15, 0.2) is 42.5 Å². The van der Waals surface area contributed by atoms with Crippen LogP contribution in [0.4, 0.5) is 0 Å². The van der Waals surface area contributed by atoms with Crippen LogP contribution in [-0.4, -0.2) is 38.0 Å². The molecule has 2 fully saturated rings. The number of carbonyl (C=O) groups is 2. The van der Waals surface area contributed by atoms with E-state index in [1.54, 1.807) is 12.1 Å². The van der Waals surface area contributed by atoms with E-state index in [1.165, 1.54) is 7.05 Å². The van der Waals surface area contributed by atoms with E-state index in [9.17, 15) is 18.0 Å². The first kappa shape index (κ1) is 20.0. The molecule has 0 aliphatic heterocycles. The first-order chi connectivity index (χ1) is 13.6. The van der Waals surface area contributed by atoms with E-state index in [0.717, 1.165) is 22.3 Å². The van der Waals surface area contributed by atoms with Crippen molar-refractivity contribution in [3.05, 3.63) is 48.0 Å². The van der Waals surface area contributed by atoms with Crippen molar-refractivity contribution in [3.8, 4) is 0 Å². The second-order valence-electron chi connectivity index (χ2n) is 8.81. The summed E-state index contributed by atoms with van der Waals surface area (Å²) in [5.41, 5.74) is -0.983. The Morgan fingerprint density at radius 2 is 1.86 bits per heavy atom. The predicted molar refractivity (Wildman–Crippen MR) is 109 cm³/mol. The number of hydrogen-bond donors (Lipinski definition) is 0. The second kappa shape index (κ2) is 6.64. The summed E-state index contributed by atoms with van der Waals surface area (Å²) in [6.45, 7) is 3.93. The van der Waals surface area contributed by atoms with Gasteiger partial charge in [-0.25, -0.2) is 5.06 Å². The first-order valence-electron chi connectivity index (χ1n) is 9.78. The number of carbonyl (C=O) groups excluding carboxylic acids is 2. The van der Waals surface area contributed by atoms with E-state index < -0.39 is 27.2 Å². The molecule has 2 aliphatic carbocycles. The average Bonchev–Trinajstić information content (AvgIpc) is 3.00. The van der Waals surface area contributed by atoms with E-state index in [1.807, 2.05) is 44.2 Å². The van der Waals surface area contributed by atoms with Gasteiger partial charge in [-0.15, -0.1) is 4.28 Å². The summed E-state index contributed by atoms with van der Waals surface area (Å²) in [5.74, 6) is -0.743. The maximum absolute atomic E-state index is 12.8. The Morgan fingerprint density at radius 1 is 1.17 bits per heavy atom. The molecule has 2 saturated carbocycles. The number of nitrogens with zero attached hydrogens (tertiary/aromatic N) is 1. The van der Waals surface area contributed by atoms with Crippen LogP contribution >= 0.6 is 0 Å². The molecule has 0 heterocycles. The number of hydroxylamine groups is 2. The lowest BCUT2D eigenvalue weighted by Gasteiger charge is -2.36. The third-order valence-corrected chi connectivity index (χ3v) is 8.37. The van der Waals surface area contributed by atoms with Gasteiger partial charge in [-0.2, -0.15) is 8.42 Å². The molecule has 2 bridgehead atoms. The Labute approximate surface area is 170 Å². The summed E-state index contributed by atoms with van der Waals surface area (Å²) in [6.07, 6.45) is 1.82. The molecule has 2 aromatic carbocycles. The highest BCUT2D eigenvalue weighted by Crippen LogP contribution is 2.64. The summed E-state index contributed by atoms with van der Waals surface area (Å²) in [5, 5.41) is 2.61. The van der Waals surface area contributed by atoms with Gasteiger partial charge in [-0.3, -0.25) is 9.59 Å². The highest BCUT2D eigenvalue weighted by atomic mass is 32.2. The summed E-state index contributed by atoms with van der Waals surface area (Å²) in [6, 6.07) is 12.7. The molecule has 7 heteroatoms. The highest BCUT2D eigenvalue weighted by molar-refractivity contribution is 7.86. The summed E-state index contributed by atoms with van der Waals surface area (Å²) < 4.78 is 30.7. The standard InChI is InChI=1S/C22H25NO5S/c1-21(2)18-10-11-22(21,19(24)13-18)14-29(26,27)28-23(3)20(25)17-9-8-15-6-4-5-7-16(15)12-17/h4-9,12,18H,10-11,13-14H2,1-3H3. The smallest absolute Gasteiger partial charge is 0.289 e. The Bertz CT molecular complexity index is 1110. The molecular weight excluding hydrogens is 390 g/mol. The molecule has 0 radical (unpaired) electrons. The Balaban J connectivity index is 1.53. The summed E-state index contributed by atoms with van der Waals surface area (Å²) >= 11 is 0. The van der Waals surface area contributed by atoms with Crippen LogP contribution in [-0.2, 0) is 19.2 Å². The molecule has 2 atom stereocenters. The fourth-order valence-corrected chi connectivity index (χ4v) is 6.89. The number of amides is 1. The minimum atomic E-state index is -4.12. The van der Waals surface area contributed by atoms with Crippen molar-refractivity contribution < 1.29 is 22.3 Å². The molecule has 6 nitrogen and oxygen atoms in total. The molecule has 154 valence electrons. The molecule has 0 aromatic heterocycles. The summed E-state index contributed by atoms with van der Waals surface area (Å²) in [4.78, 5) is 25.3. The van der Waals surface area contributed by atoms with Crippen LogP contribution in [0, 0.1) is 16.7 Å². The molecule has 2 aliphatic rings. The molecule has 0 saturated heterocycles. The average molecular weight is 416 g/mol. The van der Waals surface area contributed by atoms with Crippen LogP contribution in [0.2, 0.25) is 0 Å². The molecule has 4 rings (SSSR count). The van der Waals surface area contributed by atoms with Crippen LogP contribution in [0.5, 0.6) is 0 Å². The van der Waals surface area contributed by atoms with Gasteiger partial charge in [0, 0.05) is 19.0 Å². The fourth-order valence-electron chi connectivity index (χ4n) is 5.14. The monoisotopic (exact) mass is 415 g/mol. The lowest BCUT2D eigenvalue weighted by Crippen LogP contribution is -2.44. The van der Waals surface area contributed by atoms with Crippen molar-refractivity contribution in [3.63, 3.8) is 0 Å². The van der Waals surface area contributed by atoms with E-state index in [2.05, 4.69) is 0 Å². The maximum atomic E-state index is 12.8. The Kier molecular flexibility index (Phi) is 4.59. The number of benzene rings is 2. The van der Waals surface area contributed by atoms with Gasteiger partial charge < -0.3 is 0 Å². The van der Waals surface area contributed by atoms with Gasteiger partial charge in [-0.1, -0.05) is 44.2 Å². The first-order valence-corrected chi connectivity index (χ1v) is 11.4. The highest BCUT2D eigenvalue weighted by Gasteiger charge is 2.65. The van der Waals surface area contributed by atoms with Crippen molar-refractivity contribution in [2.75, 3.05) is 12.8 Å². The van der Waals surface area contributed by atoms with Crippen molar-refractivity contribution >= 4 is 32.6 Å². The lowest BCUT2D eigenvalue weighted by atomic mass is 9.70. The van der Waals surface area contributed by atoms with Crippen LogP contribution < -0.4 is 0 Å². The van der Waals surface area contributed by atoms with Gasteiger partial charge in [0.25, 0.3) is 16.0 Å². The molecule has 29 heavy (non-hydrogen) atoms. The van der Waals surface area contributed by atoms with Crippen molar-refractivity contribution in [2.45, 2.75) is 33.1 Å². The van der Waals surface area contributed by atoms with Crippen molar-refractivity contribution in [1.29, 1.82) is 0 Å². The normalized spacial score (nSPS) is 25.5. The number of rotatable bonds is 5. The molecule has 0 N–H and O–H groups in total. The van der Waals surface area contributed by atoms with Gasteiger partial charge in [0.1, 0.15) is 5.78 Å². The molecule has 1 amide bonds. The second-order valence-corrected chi connectivity index (χ2v) is 10.4. The lowest BCUT2D eigenvalue weighted by molar-refractivity contribution is -0.128. The minimum Gasteiger partial charge on any atom is -0.299 e. The van der Waals surface area contributed by atoms with Crippen LogP contribution in [0.3, 0.4) is 0 Å². The van der Waals surface area contributed by atoms with E-state index in [0.29, 0.717) is 18.4 Å². The van der Waals surface area contributed by atoms with Gasteiger partial charge >= 0.3 is 0 Å². The maximum Gasteiger partial charge on any atom is 0.289 e. The number of ketones is 1. The zero-order chi connectivity index (χ0) is 21.0. The SMILES string of the molecule is CN(OS(=O)(=O)CC12CCC(CC1=O)C2(C)C)C(=O)c1ccc2ccccc2c1. The van der Waals surface area contributed by atoms with Gasteiger partial charge in [0.15, 0.2) is 0 Å². The van der Waals surface area contributed by atoms with Gasteiger partial charge in [0.05, 0.1) is 11.2 Å². The third kappa shape index (κ3) is 3.16. The van der Waals surface area contributed by atoms with Crippen LogP contribution in [0.25, 0.3) is 10.8 Å². The quantitative estimate of drug-likeness (QED) is 0.698. The number of hydrogen-bond acceptors (Lipinski definition) is 5. The van der Waals surface area contributed by atoms with Gasteiger partial charge in [0.2, 0.25) is 0 Å². The van der Waals surface area contributed by atoms with Crippen LogP contribution in [0.1, 0.15) is 43.5 Å². The predicted octanol–water partition coefficient (Wildman–Crippen LogP) is 3.57. The fraction of sp³-hybridized carbons (Fsp3) is 0.455. The van der Waals surface area contributed by atoms with Crippen molar-refractivity contribution in [2.24, 2.45) is 16.7 Å². The topological polar surface area (TPSA) is 80.8 Å². The van der Waals surface area contributed by atoms with Crippen molar-refractivity contribution in [1.82, 2.24) is 5.06 Å². The Hall–Kier alpha value is -2.25. The molecule has 0 spiro atoms. The van der Waals surface area contributed by atoms with Gasteiger partial charge in [-0.05, 0) is 47.1 Å². The molecule has 2 unspecified atom stereocenters. The summed E-state index contributed by atoms with van der Waals surface area (Å²) in [7, 11) is -2.84. The molecular formula is C22H25NO5S. The van der Waals surface area contributed by atoms with E-state index >= 15 is 0 Å². The molecule has 2 aromatic rings. The number of Topliss-reactive ketones (excluding diaryl/α,β-unsaturated/α-hetero) is 1. The largest absolute Gasteiger partial charge is 0.299 e. The Morgan fingerprint density at radius 3 is 2.48 bits per heavy atom. The zero-order valence-electron chi connectivity index (χ0n) is 16.8. The zero-order valence-corrected chi connectivity index (χ0v) is 17.7. The third-order valence-electron chi connectivity index (χ3n) is 7.07. The van der Waals surface area contributed by atoms with E-state index in [4.69, 9.17) is 4.28 Å². The van der Waals surface area contributed by atoms with E-state index in [-0.39, 0.29) is 17.1 Å².